The molecule has 1 atom stereocenters. The molecule has 0 aliphatic carbocycles. The van der Waals surface area contributed by atoms with Crippen LogP contribution >= 0.6 is 0 Å². The van der Waals surface area contributed by atoms with Gasteiger partial charge in [-0.05, 0) is 50.1 Å². The van der Waals surface area contributed by atoms with Gasteiger partial charge in [0.1, 0.15) is 11.6 Å². The van der Waals surface area contributed by atoms with Crippen molar-refractivity contribution in [3.8, 4) is 5.75 Å². The molecular weight excluding hydrogens is 323 g/mol. The second-order valence-corrected chi connectivity index (χ2v) is 5.74. The summed E-state index contributed by atoms with van der Waals surface area (Å²) in [6, 6.07) is 13.3. The molecule has 0 radical (unpaired) electrons. The summed E-state index contributed by atoms with van der Waals surface area (Å²) in [5, 5.41) is 0. The Labute approximate surface area is 146 Å². The number of carbonyl (C=O) groups excluding carboxylic acids is 2. The maximum atomic E-state index is 12.8. The molecule has 25 heavy (non-hydrogen) atoms. The monoisotopic (exact) mass is 344 g/mol. The van der Waals surface area contributed by atoms with E-state index in [-0.39, 0.29) is 18.1 Å². The van der Waals surface area contributed by atoms with Crippen LogP contribution in [0.2, 0.25) is 0 Å². The zero-order valence-electron chi connectivity index (χ0n) is 14.2. The Hall–Kier alpha value is -2.89. The van der Waals surface area contributed by atoms with E-state index in [1.807, 2.05) is 31.2 Å². The number of rotatable bonds is 6. The molecule has 2 aromatic carbocycles. The quantitative estimate of drug-likeness (QED) is 0.792. The molecule has 2 N–H and O–H groups in total. The van der Waals surface area contributed by atoms with Crippen molar-refractivity contribution < 1.29 is 18.7 Å². The van der Waals surface area contributed by atoms with E-state index in [2.05, 4.69) is 10.9 Å². The Morgan fingerprint density at radius 1 is 1.04 bits per heavy atom. The summed E-state index contributed by atoms with van der Waals surface area (Å²) in [5.41, 5.74) is 6.90. The van der Waals surface area contributed by atoms with Crippen LogP contribution in [-0.4, -0.2) is 17.9 Å². The van der Waals surface area contributed by atoms with Gasteiger partial charge in [0, 0.05) is 6.42 Å². The van der Waals surface area contributed by atoms with Gasteiger partial charge >= 0.3 is 0 Å². The number of carbonyl (C=O) groups is 2. The summed E-state index contributed by atoms with van der Waals surface area (Å²) in [6.45, 7) is 3.54. The molecule has 5 nitrogen and oxygen atoms in total. The summed E-state index contributed by atoms with van der Waals surface area (Å²) in [6.07, 6.45) is 0.0167. The largest absolute Gasteiger partial charge is 0.481 e. The Morgan fingerprint density at radius 2 is 1.68 bits per heavy atom. The minimum Gasteiger partial charge on any atom is -0.481 e. The minimum absolute atomic E-state index is 0.260. The van der Waals surface area contributed by atoms with Gasteiger partial charge in [0.15, 0.2) is 6.10 Å². The van der Waals surface area contributed by atoms with E-state index >= 15 is 0 Å². The van der Waals surface area contributed by atoms with E-state index in [4.69, 9.17) is 4.74 Å². The summed E-state index contributed by atoms with van der Waals surface area (Å²) < 4.78 is 18.2. The Balaban J connectivity index is 1.71. The van der Waals surface area contributed by atoms with Crippen LogP contribution in [0, 0.1) is 12.7 Å². The molecule has 0 heterocycles. The number of ether oxygens (including phenoxy) is 1. The first-order valence-corrected chi connectivity index (χ1v) is 8.00. The first kappa shape index (κ1) is 18.4. The molecule has 0 fully saturated rings. The predicted molar refractivity (Wildman–Crippen MR) is 92.3 cm³/mol. The lowest BCUT2D eigenvalue weighted by molar-refractivity contribution is -0.132. The molecule has 0 aromatic heterocycles. The van der Waals surface area contributed by atoms with Gasteiger partial charge < -0.3 is 4.74 Å². The van der Waals surface area contributed by atoms with Crippen molar-refractivity contribution in [2.75, 3.05) is 0 Å². The highest BCUT2D eigenvalue weighted by Crippen LogP contribution is 2.13. The van der Waals surface area contributed by atoms with Crippen LogP contribution in [0.15, 0.2) is 48.5 Å². The van der Waals surface area contributed by atoms with Crippen molar-refractivity contribution in [1.82, 2.24) is 10.9 Å². The zero-order chi connectivity index (χ0) is 18.2. The molecular formula is C19H21FN2O3. The number of hydrazine groups is 1. The first-order chi connectivity index (χ1) is 11.9. The molecule has 0 saturated heterocycles. The molecule has 2 amide bonds. The minimum atomic E-state index is -0.831. The van der Waals surface area contributed by atoms with Crippen molar-refractivity contribution >= 4 is 11.8 Å². The van der Waals surface area contributed by atoms with E-state index in [0.717, 1.165) is 11.1 Å². The number of hydrogen-bond donors (Lipinski definition) is 2. The van der Waals surface area contributed by atoms with Crippen LogP contribution in [0.5, 0.6) is 5.75 Å². The van der Waals surface area contributed by atoms with Gasteiger partial charge in [0.25, 0.3) is 5.91 Å². The lowest BCUT2D eigenvalue weighted by Gasteiger charge is -2.15. The van der Waals surface area contributed by atoms with Gasteiger partial charge in [-0.3, -0.25) is 20.4 Å². The number of halogens is 1. The molecule has 0 bridgehead atoms. The van der Waals surface area contributed by atoms with Crippen LogP contribution in [0.3, 0.4) is 0 Å². The molecule has 2 aromatic rings. The summed E-state index contributed by atoms with van der Waals surface area (Å²) in [4.78, 5) is 23.7. The SMILES string of the molecule is Cc1ccc(CCC(=O)NNC(=O)C(C)Oc2ccc(F)cc2)cc1. The number of nitrogens with one attached hydrogen (secondary N) is 2. The van der Waals surface area contributed by atoms with Crippen molar-refractivity contribution in [2.45, 2.75) is 32.8 Å². The second kappa shape index (κ2) is 8.82. The average molecular weight is 344 g/mol. The summed E-state index contributed by atoms with van der Waals surface area (Å²) >= 11 is 0. The second-order valence-electron chi connectivity index (χ2n) is 5.74. The van der Waals surface area contributed by atoms with Crippen LogP contribution < -0.4 is 15.6 Å². The van der Waals surface area contributed by atoms with Crippen LogP contribution in [0.1, 0.15) is 24.5 Å². The first-order valence-electron chi connectivity index (χ1n) is 8.00. The van der Waals surface area contributed by atoms with Crippen molar-refractivity contribution in [2.24, 2.45) is 0 Å². The maximum absolute atomic E-state index is 12.8. The van der Waals surface area contributed by atoms with Crippen LogP contribution in [0.4, 0.5) is 4.39 Å². The van der Waals surface area contributed by atoms with Crippen molar-refractivity contribution in [3.05, 3.63) is 65.5 Å². The third-order valence-corrected chi connectivity index (χ3v) is 3.58. The molecule has 0 aliphatic rings. The normalized spacial score (nSPS) is 11.5. The molecule has 0 aliphatic heterocycles. The standard InChI is InChI=1S/C19H21FN2O3/c1-13-3-5-15(6-4-13)7-12-18(23)21-22-19(24)14(2)25-17-10-8-16(20)9-11-17/h3-6,8-11,14H,7,12H2,1-2H3,(H,21,23)(H,22,24). The molecule has 2 rings (SSSR count). The zero-order valence-corrected chi connectivity index (χ0v) is 14.2. The highest BCUT2D eigenvalue weighted by molar-refractivity contribution is 5.84. The van der Waals surface area contributed by atoms with E-state index in [0.29, 0.717) is 12.2 Å². The summed E-state index contributed by atoms with van der Waals surface area (Å²) in [7, 11) is 0. The highest BCUT2D eigenvalue weighted by atomic mass is 19.1. The summed E-state index contributed by atoms with van der Waals surface area (Å²) in [5.74, 6) is -0.795. The Kier molecular flexibility index (Phi) is 6.51. The Morgan fingerprint density at radius 3 is 2.32 bits per heavy atom. The lowest BCUT2D eigenvalue weighted by atomic mass is 10.1. The highest BCUT2D eigenvalue weighted by Gasteiger charge is 2.15. The number of hydrogen-bond acceptors (Lipinski definition) is 3. The topological polar surface area (TPSA) is 67.4 Å². The number of benzene rings is 2. The third-order valence-electron chi connectivity index (χ3n) is 3.58. The van der Waals surface area contributed by atoms with Crippen LogP contribution in [-0.2, 0) is 16.0 Å². The van der Waals surface area contributed by atoms with E-state index in [1.54, 1.807) is 0 Å². The average Bonchev–Trinajstić information content (AvgIpc) is 2.61. The van der Waals surface area contributed by atoms with E-state index < -0.39 is 12.0 Å². The Bertz CT molecular complexity index is 714. The van der Waals surface area contributed by atoms with Crippen LogP contribution in [0.25, 0.3) is 0 Å². The van der Waals surface area contributed by atoms with Gasteiger partial charge in [-0.25, -0.2) is 4.39 Å². The van der Waals surface area contributed by atoms with E-state index in [1.165, 1.54) is 31.2 Å². The molecule has 0 spiro atoms. The van der Waals surface area contributed by atoms with Gasteiger partial charge in [-0.1, -0.05) is 29.8 Å². The molecule has 1 unspecified atom stereocenters. The van der Waals surface area contributed by atoms with Crippen molar-refractivity contribution in [3.63, 3.8) is 0 Å². The van der Waals surface area contributed by atoms with Crippen molar-refractivity contribution in [1.29, 1.82) is 0 Å². The number of amides is 2. The smallest absolute Gasteiger partial charge is 0.279 e. The molecule has 132 valence electrons. The van der Waals surface area contributed by atoms with Gasteiger partial charge in [0.05, 0.1) is 0 Å². The number of aryl methyl sites for hydroxylation is 2. The third kappa shape index (κ3) is 6.25. The molecule has 6 heteroatoms. The fraction of sp³-hybridized carbons (Fsp3) is 0.263. The van der Waals surface area contributed by atoms with Gasteiger partial charge in [-0.15, -0.1) is 0 Å². The fourth-order valence-corrected chi connectivity index (χ4v) is 2.08. The van der Waals surface area contributed by atoms with Gasteiger partial charge in [-0.2, -0.15) is 0 Å². The fourth-order valence-electron chi connectivity index (χ4n) is 2.08. The maximum Gasteiger partial charge on any atom is 0.279 e. The predicted octanol–water partition coefficient (Wildman–Crippen LogP) is 2.68. The van der Waals surface area contributed by atoms with Gasteiger partial charge in [0.2, 0.25) is 5.91 Å². The molecule has 0 saturated carbocycles. The lowest BCUT2D eigenvalue weighted by Crippen LogP contribution is -2.47. The van der Waals surface area contributed by atoms with E-state index in [9.17, 15) is 14.0 Å².